The van der Waals surface area contributed by atoms with E-state index in [1.807, 2.05) is 36.6 Å². The molecule has 0 fully saturated rings. The zero-order valence-corrected chi connectivity index (χ0v) is 16.6. The Balaban J connectivity index is 1.48. The van der Waals surface area contributed by atoms with Crippen molar-refractivity contribution in [2.45, 2.75) is 13.3 Å². The second kappa shape index (κ2) is 9.28. The fraction of sp³-hybridized carbons (Fsp3) is 0.182. The summed E-state index contributed by atoms with van der Waals surface area (Å²) in [6, 6.07) is 12.7. The molecule has 2 aromatic carbocycles. The van der Waals surface area contributed by atoms with Gasteiger partial charge in [0.25, 0.3) is 0 Å². The number of ether oxygens (including phenoxy) is 1. The Labute approximate surface area is 167 Å². The van der Waals surface area contributed by atoms with E-state index in [0.717, 1.165) is 28.2 Å². The molecule has 0 atom stereocenters. The quantitative estimate of drug-likeness (QED) is 0.592. The van der Waals surface area contributed by atoms with Crippen LogP contribution < -0.4 is 10.1 Å². The maximum atomic E-state index is 13.6. The summed E-state index contributed by atoms with van der Waals surface area (Å²) >= 11 is 1.63. The fourth-order valence-electron chi connectivity index (χ4n) is 2.69. The van der Waals surface area contributed by atoms with Crippen LogP contribution in [-0.4, -0.2) is 24.5 Å². The largest absolute Gasteiger partial charge is 0.494 e. The minimum absolute atomic E-state index is 0.178. The molecule has 0 saturated heterocycles. The van der Waals surface area contributed by atoms with Gasteiger partial charge in [-0.3, -0.25) is 4.79 Å². The van der Waals surface area contributed by atoms with Gasteiger partial charge in [0, 0.05) is 23.6 Å². The van der Waals surface area contributed by atoms with Crippen LogP contribution >= 0.6 is 11.3 Å². The Morgan fingerprint density at radius 1 is 1.25 bits per heavy atom. The van der Waals surface area contributed by atoms with E-state index in [1.165, 1.54) is 25.3 Å². The van der Waals surface area contributed by atoms with Gasteiger partial charge in [-0.05, 0) is 42.7 Å². The molecule has 1 N–H and O–H groups in total. The Morgan fingerprint density at radius 2 is 2.04 bits per heavy atom. The van der Waals surface area contributed by atoms with Crippen LogP contribution in [0.25, 0.3) is 17.3 Å². The highest BCUT2D eigenvalue weighted by molar-refractivity contribution is 7.09. The summed E-state index contributed by atoms with van der Waals surface area (Å²) in [6.07, 6.45) is 3.70. The molecule has 0 aliphatic rings. The van der Waals surface area contributed by atoms with Crippen molar-refractivity contribution in [3.8, 4) is 17.0 Å². The number of hydrogen-bond donors (Lipinski definition) is 1. The highest BCUT2D eigenvalue weighted by Crippen LogP contribution is 2.22. The summed E-state index contributed by atoms with van der Waals surface area (Å²) in [5.41, 5.74) is 3.81. The second-order valence-electron chi connectivity index (χ2n) is 6.22. The van der Waals surface area contributed by atoms with E-state index in [0.29, 0.717) is 12.1 Å². The number of nitrogens with one attached hydrogen (secondary N) is 1. The topological polar surface area (TPSA) is 51.2 Å². The van der Waals surface area contributed by atoms with Crippen LogP contribution in [-0.2, 0) is 11.2 Å². The molecule has 28 heavy (non-hydrogen) atoms. The van der Waals surface area contributed by atoms with Gasteiger partial charge in [0.15, 0.2) is 11.6 Å². The van der Waals surface area contributed by atoms with Crippen LogP contribution in [0.2, 0.25) is 0 Å². The molecule has 4 nitrogen and oxygen atoms in total. The van der Waals surface area contributed by atoms with Gasteiger partial charge in [0.05, 0.1) is 17.8 Å². The van der Waals surface area contributed by atoms with Crippen molar-refractivity contribution in [1.82, 2.24) is 10.3 Å². The summed E-state index contributed by atoms with van der Waals surface area (Å²) in [7, 11) is 1.41. The molecule has 1 amide bonds. The van der Waals surface area contributed by atoms with Gasteiger partial charge >= 0.3 is 0 Å². The third kappa shape index (κ3) is 5.27. The standard InChI is InChI=1S/C22H21FN2O2S/c1-15-25-20(14-28-15)18-7-3-16(4-8-18)11-12-24-22(26)10-6-17-5-9-21(27-2)19(23)13-17/h3-10,13-14H,11-12H2,1-2H3,(H,24,26)/b10-6+. The lowest BCUT2D eigenvalue weighted by Gasteiger charge is -2.04. The zero-order chi connectivity index (χ0) is 19.9. The zero-order valence-electron chi connectivity index (χ0n) is 15.7. The number of carbonyl (C=O) groups excluding carboxylic acids is 1. The van der Waals surface area contributed by atoms with E-state index in [4.69, 9.17) is 4.74 Å². The highest BCUT2D eigenvalue weighted by Gasteiger charge is 2.04. The smallest absolute Gasteiger partial charge is 0.244 e. The molecule has 3 rings (SSSR count). The SMILES string of the molecule is COc1ccc(/C=C/C(=O)NCCc2ccc(-c3csc(C)n3)cc2)cc1F. The van der Waals surface area contributed by atoms with Gasteiger partial charge in [-0.1, -0.05) is 30.3 Å². The molecule has 3 aromatic rings. The molecule has 0 unspecified atom stereocenters. The predicted molar refractivity (Wildman–Crippen MR) is 111 cm³/mol. The van der Waals surface area contributed by atoms with Crippen molar-refractivity contribution in [3.63, 3.8) is 0 Å². The number of rotatable bonds is 7. The Kier molecular flexibility index (Phi) is 6.55. The molecule has 144 valence electrons. The number of aryl methyl sites for hydroxylation is 1. The predicted octanol–water partition coefficient (Wildman–Crippen LogP) is 4.64. The number of halogens is 1. The number of methoxy groups -OCH3 is 1. The monoisotopic (exact) mass is 396 g/mol. The molecule has 0 saturated carbocycles. The van der Waals surface area contributed by atoms with Crippen molar-refractivity contribution in [1.29, 1.82) is 0 Å². The third-order valence-corrected chi connectivity index (χ3v) is 4.96. The minimum Gasteiger partial charge on any atom is -0.494 e. The van der Waals surface area contributed by atoms with E-state index < -0.39 is 5.82 Å². The average Bonchev–Trinajstić information content (AvgIpc) is 3.13. The van der Waals surface area contributed by atoms with Crippen molar-refractivity contribution >= 4 is 23.3 Å². The molecular weight excluding hydrogens is 375 g/mol. The molecule has 1 heterocycles. The van der Waals surface area contributed by atoms with Crippen molar-refractivity contribution in [2.75, 3.05) is 13.7 Å². The normalized spacial score (nSPS) is 11.0. The molecule has 0 spiro atoms. The Morgan fingerprint density at radius 3 is 2.68 bits per heavy atom. The summed E-state index contributed by atoms with van der Waals surface area (Å²) in [6.45, 7) is 2.51. The fourth-order valence-corrected chi connectivity index (χ4v) is 3.31. The molecule has 0 aliphatic carbocycles. The summed E-state index contributed by atoms with van der Waals surface area (Å²) in [5, 5.41) is 5.93. The van der Waals surface area contributed by atoms with Gasteiger partial charge in [-0.2, -0.15) is 0 Å². The van der Waals surface area contributed by atoms with Crippen molar-refractivity contribution in [2.24, 2.45) is 0 Å². The number of amides is 1. The first-order valence-corrected chi connectivity index (χ1v) is 9.74. The first-order valence-electron chi connectivity index (χ1n) is 8.86. The lowest BCUT2D eigenvalue weighted by Crippen LogP contribution is -2.23. The number of hydrogen-bond acceptors (Lipinski definition) is 4. The molecule has 1 aromatic heterocycles. The van der Waals surface area contributed by atoms with Crippen LogP contribution in [0, 0.1) is 12.7 Å². The molecule has 0 bridgehead atoms. The van der Waals surface area contributed by atoms with Crippen LogP contribution in [0.5, 0.6) is 5.75 Å². The molecule has 0 aliphatic heterocycles. The Hall–Kier alpha value is -2.99. The van der Waals surface area contributed by atoms with E-state index in [-0.39, 0.29) is 11.7 Å². The number of benzene rings is 2. The molecule has 0 radical (unpaired) electrons. The first kappa shape index (κ1) is 19.8. The first-order chi connectivity index (χ1) is 13.5. The summed E-state index contributed by atoms with van der Waals surface area (Å²) in [4.78, 5) is 16.4. The van der Waals surface area contributed by atoms with Gasteiger partial charge in [0.2, 0.25) is 5.91 Å². The third-order valence-electron chi connectivity index (χ3n) is 4.18. The summed E-state index contributed by atoms with van der Waals surface area (Å²) in [5.74, 6) is -0.496. The number of aromatic nitrogens is 1. The van der Waals surface area contributed by atoms with Gasteiger partial charge in [-0.25, -0.2) is 9.37 Å². The molecule has 6 heteroatoms. The van der Waals surface area contributed by atoms with E-state index >= 15 is 0 Å². The van der Waals surface area contributed by atoms with E-state index in [9.17, 15) is 9.18 Å². The van der Waals surface area contributed by atoms with E-state index in [1.54, 1.807) is 23.5 Å². The molecular formula is C22H21FN2O2S. The Bertz CT molecular complexity index is 980. The van der Waals surface area contributed by atoms with Gasteiger partial charge in [0.1, 0.15) is 0 Å². The second-order valence-corrected chi connectivity index (χ2v) is 7.28. The average molecular weight is 396 g/mol. The van der Waals surface area contributed by atoms with Crippen LogP contribution in [0.15, 0.2) is 53.9 Å². The minimum atomic E-state index is -0.457. The van der Waals surface area contributed by atoms with Crippen LogP contribution in [0.4, 0.5) is 4.39 Å². The highest BCUT2D eigenvalue weighted by atomic mass is 32.1. The number of thiazole rings is 1. The van der Waals surface area contributed by atoms with Crippen LogP contribution in [0.3, 0.4) is 0 Å². The lowest BCUT2D eigenvalue weighted by atomic mass is 10.1. The number of nitrogens with zero attached hydrogens (tertiary/aromatic N) is 1. The maximum Gasteiger partial charge on any atom is 0.244 e. The summed E-state index contributed by atoms with van der Waals surface area (Å²) < 4.78 is 18.5. The maximum absolute atomic E-state index is 13.6. The van der Waals surface area contributed by atoms with E-state index in [2.05, 4.69) is 10.3 Å². The van der Waals surface area contributed by atoms with Crippen molar-refractivity contribution < 1.29 is 13.9 Å². The number of carbonyl (C=O) groups is 1. The van der Waals surface area contributed by atoms with Crippen LogP contribution in [0.1, 0.15) is 16.1 Å². The van der Waals surface area contributed by atoms with Gasteiger partial charge < -0.3 is 10.1 Å². The lowest BCUT2D eigenvalue weighted by molar-refractivity contribution is -0.116. The van der Waals surface area contributed by atoms with Gasteiger partial charge in [-0.15, -0.1) is 11.3 Å². The van der Waals surface area contributed by atoms with Crippen molar-refractivity contribution in [3.05, 3.63) is 75.9 Å².